The van der Waals surface area contributed by atoms with Gasteiger partial charge in [0.1, 0.15) is 11.3 Å². The minimum Gasteiger partial charge on any atom is -0.388 e. The lowest BCUT2D eigenvalue weighted by atomic mass is 10.1. The van der Waals surface area contributed by atoms with Crippen LogP contribution in [-0.4, -0.2) is 20.2 Å². The second kappa shape index (κ2) is 3.94. The summed E-state index contributed by atoms with van der Waals surface area (Å²) in [5.41, 5.74) is 4.10. The molecular weight excluding hydrogens is 244 g/mol. The standard InChI is InChI=1S/C13H12N4O2/c1-6(2)11-14-9-5-7(3)4-8(10(9)15-11)12-16-17-13(18)19-12/h4-5H,1H2,2-3H3,(H,14,15)(H,17,18). The first-order chi connectivity index (χ1) is 9.04. The largest absolute Gasteiger partial charge is 0.434 e. The lowest BCUT2D eigenvalue weighted by Gasteiger charge is -1.98. The van der Waals surface area contributed by atoms with E-state index in [0.29, 0.717) is 16.9 Å². The first-order valence-corrected chi connectivity index (χ1v) is 5.77. The van der Waals surface area contributed by atoms with Crippen molar-refractivity contribution >= 4 is 16.6 Å². The Morgan fingerprint density at radius 1 is 1.42 bits per heavy atom. The van der Waals surface area contributed by atoms with Crippen molar-refractivity contribution in [1.82, 2.24) is 20.2 Å². The maximum Gasteiger partial charge on any atom is 0.434 e. The van der Waals surface area contributed by atoms with Crippen LogP contribution in [0.15, 0.2) is 27.9 Å². The van der Waals surface area contributed by atoms with Gasteiger partial charge in [-0.05, 0) is 37.1 Å². The van der Waals surface area contributed by atoms with E-state index in [9.17, 15) is 4.79 Å². The second-order valence-corrected chi connectivity index (χ2v) is 4.49. The Hall–Kier alpha value is -2.63. The van der Waals surface area contributed by atoms with Gasteiger partial charge in [-0.15, -0.1) is 5.10 Å². The molecule has 0 spiro atoms. The van der Waals surface area contributed by atoms with Gasteiger partial charge in [-0.3, -0.25) is 0 Å². The molecule has 0 fully saturated rings. The van der Waals surface area contributed by atoms with E-state index < -0.39 is 5.76 Å². The lowest BCUT2D eigenvalue weighted by Crippen LogP contribution is -1.93. The fourth-order valence-corrected chi connectivity index (χ4v) is 1.97. The summed E-state index contributed by atoms with van der Waals surface area (Å²) in [5.74, 6) is 0.360. The highest BCUT2D eigenvalue weighted by molar-refractivity contribution is 5.91. The zero-order valence-corrected chi connectivity index (χ0v) is 10.6. The number of aromatic amines is 2. The van der Waals surface area contributed by atoms with Crippen LogP contribution in [0.2, 0.25) is 0 Å². The third kappa shape index (κ3) is 1.87. The Morgan fingerprint density at radius 3 is 2.84 bits per heavy atom. The number of imidazole rings is 1. The van der Waals surface area contributed by atoms with Gasteiger partial charge < -0.3 is 9.40 Å². The number of fused-ring (bicyclic) bond motifs is 1. The van der Waals surface area contributed by atoms with Gasteiger partial charge >= 0.3 is 5.76 Å². The number of nitrogens with one attached hydrogen (secondary N) is 2. The quantitative estimate of drug-likeness (QED) is 0.736. The third-order valence-electron chi connectivity index (χ3n) is 2.80. The first kappa shape index (κ1) is 11.5. The van der Waals surface area contributed by atoms with Crippen LogP contribution < -0.4 is 5.76 Å². The van der Waals surface area contributed by atoms with Crippen molar-refractivity contribution in [2.24, 2.45) is 0 Å². The van der Waals surface area contributed by atoms with E-state index >= 15 is 0 Å². The van der Waals surface area contributed by atoms with Gasteiger partial charge in [-0.1, -0.05) is 6.58 Å². The number of hydrogen-bond donors (Lipinski definition) is 2. The van der Waals surface area contributed by atoms with Crippen molar-refractivity contribution in [2.75, 3.05) is 0 Å². The van der Waals surface area contributed by atoms with Crippen molar-refractivity contribution in [3.05, 3.63) is 40.7 Å². The van der Waals surface area contributed by atoms with Gasteiger partial charge in [-0.2, -0.15) is 0 Å². The topological polar surface area (TPSA) is 87.6 Å². The summed E-state index contributed by atoms with van der Waals surface area (Å²) in [6.07, 6.45) is 0. The summed E-state index contributed by atoms with van der Waals surface area (Å²) in [6.45, 7) is 7.69. The molecule has 6 nitrogen and oxygen atoms in total. The predicted octanol–water partition coefficient (Wildman–Crippen LogP) is 2.25. The number of allylic oxidation sites excluding steroid dienone is 1. The molecule has 6 heteroatoms. The van der Waals surface area contributed by atoms with E-state index in [4.69, 9.17) is 4.42 Å². The van der Waals surface area contributed by atoms with Crippen LogP contribution in [0.5, 0.6) is 0 Å². The lowest BCUT2D eigenvalue weighted by molar-refractivity contribution is 0.527. The molecule has 2 heterocycles. The highest BCUT2D eigenvalue weighted by Gasteiger charge is 2.14. The Labute approximate surface area is 108 Å². The summed E-state index contributed by atoms with van der Waals surface area (Å²) in [5, 5.41) is 6.10. The van der Waals surface area contributed by atoms with E-state index in [2.05, 4.69) is 26.7 Å². The predicted molar refractivity (Wildman–Crippen MR) is 71.7 cm³/mol. The Kier molecular flexibility index (Phi) is 2.38. The molecule has 0 unspecified atom stereocenters. The number of benzene rings is 1. The molecule has 0 bridgehead atoms. The van der Waals surface area contributed by atoms with Gasteiger partial charge in [0.05, 0.1) is 11.1 Å². The maximum atomic E-state index is 11.1. The summed E-state index contributed by atoms with van der Waals surface area (Å²) in [6, 6.07) is 3.85. The summed E-state index contributed by atoms with van der Waals surface area (Å²) >= 11 is 0. The molecule has 0 atom stereocenters. The third-order valence-corrected chi connectivity index (χ3v) is 2.80. The Balaban J connectivity index is 2.34. The maximum absolute atomic E-state index is 11.1. The molecule has 0 saturated carbocycles. The van der Waals surface area contributed by atoms with E-state index in [1.54, 1.807) is 0 Å². The van der Waals surface area contributed by atoms with E-state index in [1.165, 1.54) is 0 Å². The fraction of sp³-hybridized carbons (Fsp3) is 0.154. The van der Waals surface area contributed by atoms with Crippen molar-refractivity contribution < 1.29 is 4.42 Å². The van der Waals surface area contributed by atoms with Gasteiger partial charge in [0.2, 0.25) is 0 Å². The number of aromatic nitrogens is 4. The van der Waals surface area contributed by atoms with Crippen molar-refractivity contribution in [2.45, 2.75) is 13.8 Å². The van der Waals surface area contributed by atoms with Crippen LogP contribution in [-0.2, 0) is 0 Å². The van der Waals surface area contributed by atoms with Crippen molar-refractivity contribution in [1.29, 1.82) is 0 Å². The SMILES string of the molecule is C=C(C)c1nc2c(-c3n[nH]c(=O)o3)cc(C)cc2[nH]1. The molecule has 2 N–H and O–H groups in total. The number of hydrogen-bond acceptors (Lipinski definition) is 4. The summed E-state index contributed by atoms with van der Waals surface area (Å²) in [4.78, 5) is 18.7. The van der Waals surface area contributed by atoms with Crippen LogP contribution in [0.3, 0.4) is 0 Å². The van der Waals surface area contributed by atoms with Crippen LogP contribution in [0, 0.1) is 6.92 Å². The normalized spacial score (nSPS) is 11.1. The second-order valence-electron chi connectivity index (χ2n) is 4.49. The highest BCUT2D eigenvalue weighted by Crippen LogP contribution is 2.27. The molecule has 1 aromatic carbocycles. The average Bonchev–Trinajstić information content (AvgIpc) is 2.93. The zero-order chi connectivity index (χ0) is 13.6. The van der Waals surface area contributed by atoms with Gasteiger partial charge in [-0.25, -0.2) is 14.9 Å². The Bertz CT molecular complexity index is 838. The first-order valence-electron chi connectivity index (χ1n) is 5.77. The van der Waals surface area contributed by atoms with Gasteiger partial charge in [0.25, 0.3) is 5.89 Å². The van der Waals surface area contributed by atoms with Gasteiger partial charge in [0, 0.05) is 0 Å². The highest BCUT2D eigenvalue weighted by atomic mass is 16.4. The minimum absolute atomic E-state index is 0.235. The summed E-state index contributed by atoms with van der Waals surface area (Å²) in [7, 11) is 0. The van der Waals surface area contributed by atoms with E-state index in [0.717, 1.165) is 16.7 Å². The van der Waals surface area contributed by atoms with Crippen LogP contribution >= 0.6 is 0 Å². The monoisotopic (exact) mass is 256 g/mol. The molecule has 0 aliphatic heterocycles. The van der Waals surface area contributed by atoms with Crippen LogP contribution in [0.1, 0.15) is 18.3 Å². The zero-order valence-electron chi connectivity index (χ0n) is 10.6. The van der Waals surface area contributed by atoms with Crippen molar-refractivity contribution in [3.8, 4) is 11.5 Å². The van der Waals surface area contributed by atoms with E-state index in [-0.39, 0.29) is 5.89 Å². The minimum atomic E-state index is -0.583. The molecule has 0 saturated heterocycles. The average molecular weight is 256 g/mol. The molecule has 3 rings (SSSR count). The molecule has 96 valence electrons. The van der Waals surface area contributed by atoms with Crippen LogP contribution in [0.25, 0.3) is 28.1 Å². The van der Waals surface area contributed by atoms with Crippen molar-refractivity contribution in [3.63, 3.8) is 0 Å². The molecule has 0 aliphatic rings. The number of rotatable bonds is 2. The number of nitrogens with zero attached hydrogens (tertiary/aromatic N) is 2. The van der Waals surface area contributed by atoms with Crippen LogP contribution in [0.4, 0.5) is 0 Å². The molecule has 3 aromatic rings. The number of H-pyrrole nitrogens is 2. The molecule has 2 aromatic heterocycles. The molecular formula is C13H12N4O2. The summed E-state index contributed by atoms with van der Waals surface area (Å²) < 4.78 is 5.00. The van der Waals surface area contributed by atoms with E-state index in [1.807, 2.05) is 26.0 Å². The van der Waals surface area contributed by atoms with Gasteiger partial charge in [0.15, 0.2) is 0 Å². The fourth-order valence-electron chi connectivity index (χ4n) is 1.97. The molecule has 0 aliphatic carbocycles. The molecule has 0 radical (unpaired) electrons. The molecule has 19 heavy (non-hydrogen) atoms. The Morgan fingerprint density at radius 2 is 2.21 bits per heavy atom. The number of aryl methyl sites for hydroxylation is 1. The molecule has 0 amide bonds. The smallest absolute Gasteiger partial charge is 0.388 e.